The van der Waals surface area contributed by atoms with E-state index in [9.17, 15) is 9.59 Å². The third-order valence-corrected chi connectivity index (χ3v) is 3.06. The molecule has 0 saturated heterocycles. The average molecular weight is 257 g/mol. The molecule has 1 N–H and O–H groups in total. The lowest BCUT2D eigenvalue weighted by Crippen LogP contribution is -2.32. The van der Waals surface area contributed by atoms with E-state index in [1.807, 2.05) is 17.5 Å². The zero-order valence-electron chi connectivity index (χ0n) is 9.75. The lowest BCUT2D eigenvalue weighted by molar-refractivity contribution is -0.152. The normalized spacial score (nSPS) is 12.1. The maximum absolute atomic E-state index is 11.6. The molecule has 0 saturated carbocycles. The van der Waals surface area contributed by atoms with Crippen molar-refractivity contribution in [2.45, 2.75) is 19.6 Å². The third kappa shape index (κ3) is 4.54. The van der Waals surface area contributed by atoms with Crippen LogP contribution in [0.15, 0.2) is 17.5 Å². The summed E-state index contributed by atoms with van der Waals surface area (Å²) >= 11 is 1.57. The van der Waals surface area contributed by atoms with Crippen molar-refractivity contribution in [1.29, 1.82) is 0 Å². The number of amides is 1. The Morgan fingerprint density at radius 2 is 2.29 bits per heavy atom. The van der Waals surface area contributed by atoms with E-state index in [0.717, 1.165) is 4.88 Å². The van der Waals surface area contributed by atoms with Crippen LogP contribution in [0.25, 0.3) is 0 Å². The van der Waals surface area contributed by atoms with Crippen molar-refractivity contribution in [2.75, 3.05) is 13.7 Å². The molecule has 6 heteroatoms. The summed E-state index contributed by atoms with van der Waals surface area (Å²) in [5.74, 6) is -1.30. The second-order valence-electron chi connectivity index (χ2n) is 3.62. The number of hydrogen-bond donors (Lipinski definition) is 1. The van der Waals surface area contributed by atoms with Gasteiger partial charge in [-0.2, -0.15) is 0 Å². The van der Waals surface area contributed by atoms with Crippen LogP contribution in [0.3, 0.4) is 0 Å². The molecule has 1 aromatic rings. The first kappa shape index (κ1) is 13.7. The molecule has 1 atom stereocenters. The smallest absolute Gasteiger partial charge is 0.332 e. The molecule has 0 aromatic carbocycles. The molecule has 0 spiro atoms. The molecule has 1 heterocycles. The largest absolute Gasteiger partial charge is 0.479 e. The van der Waals surface area contributed by atoms with Gasteiger partial charge in [-0.05, 0) is 18.4 Å². The second-order valence-corrected chi connectivity index (χ2v) is 4.65. The quantitative estimate of drug-likeness (QED) is 0.831. The Morgan fingerprint density at radius 1 is 1.59 bits per heavy atom. The van der Waals surface area contributed by atoms with Gasteiger partial charge in [0.1, 0.15) is 6.61 Å². The van der Waals surface area contributed by atoms with Gasteiger partial charge in [-0.25, -0.2) is 4.79 Å². The van der Waals surface area contributed by atoms with Crippen LogP contribution in [-0.2, 0) is 20.9 Å². The van der Waals surface area contributed by atoms with Crippen molar-refractivity contribution < 1.29 is 19.4 Å². The molecular formula is C11H15NO4S. The first-order valence-corrected chi connectivity index (χ1v) is 5.99. The van der Waals surface area contributed by atoms with E-state index in [4.69, 9.17) is 9.84 Å². The monoisotopic (exact) mass is 257 g/mol. The van der Waals surface area contributed by atoms with Crippen LogP contribution in [-0.4, -0.2) is 41.6 Å². The number of likely N-dealkylation sites (N-methyl/N-ethyl adjacent to an activating group) is 1. The first-order chi connectivity index (χ1) is 8.00. The molecule has 17 heavy (non-hydrogen) atoms. The number of aliphatic carboxylic acids is 1. The van der Waals surface area contributed by atoms with E-state index in [1.165, 1.54) is 11.8 Å². The Kier molecular flexibility index (Phi) is 5.11. The van der Waals surface area contributed by atoms with Gasteiger partial charge >= 0.3 is 5.97 Å². The lowest BCUT2D eigenvalue weighted by atomic mass is 10.4. The van der Waals surface area contributed by atoms with Crippen LogP contribution in [0.2, 0.25) is 0 Å². The summed E-state index contributed by atoms with van der Waals surface area (Å²) in [6.07, 6.45) is -0.964. The average Bonchev–Trinajstić information content (AvgIpc) is 2.77. The maximum atomic E-state index is 11.6. The van der Waals surface area contributed by atoms with Gasteiger partial charge in [0.2, 0.25) is 5.91 Å². The number of carboxylic acid groups (broad SMARTS) is 1. The lowest BCUT2D eigenvalue weighted by Gasteiger charge is -2.17. The predicted octanol–water partition coefficient (Wildman–Crippen LogP) is 1.20. The second kappa shape index (κ2) is 6.36. The molecule has 0 fully saturated rings. The minimum absolute atomic E-state index is 0.213. The molecule has 0 aliphatic carbocycles. The van der Waals surface area contributed by atoms with Gasteiger partial charge in [0.15, 0.2) is 6.10 Å². The van der Waals surface area contributed by atoms with Crippen LogP contribution in [0, 0.1) is 0 Å². The predicted molar refractivity (Wildman–Crippen MR) is 63.8 cm³/mol. The van der Waals surface area contributed by atoms with Gasteiger partial charge in [-0.3, -0.25) is 4.79 Å². The number of nitrogens with zero attached hydrogens (tertiary/aromatic N) is 1. The van der Waals surface area contributed by atoms with Crippen molar-refractivity contribution in [3.63, 3.8) is 0 Å². The van der Waals surface area contributed by atoms with Crippen LogP contribution < -0.4 is 0 Å². The summed E-state index contributed by atoms with van der Waals surface area (Å²) in [6, 6.07) is 3.86. The highest BCUT2D eigenvalue weighted by atomic mass is 32.1. The summed E-state index contributed by atoms with van der Waals surface area (Å²) in [7, 11) is 1.66. The Morgan fingerprint density at radius 3 is 2.82 bits per heavy atom. The van der Waals surface area contributed by atoms with E-state index in [2.05, 4.69) is 0 Å². The van der Waals surface area contributed by atoms with Crippen molar-refractivity contribution in [3.8, 4) is 0 Å². The zero-order valence-corrected chi connectivity index (χ0v) is 10.6. The Balaban J connectivity index is 2.34. The molecular weight excluding hydrogens is 242 g/mol. The number of carbonyl (C=O) groups excluding carboxylic acids is 1. The number of thiophene rings is 1. The van der Waals surface area contributed by atoms with Crippen molar-refractivity contribution in [3.05, 3.63) is 22.4 Å². The Hall–Kier alpha value is -1.40. The molecule has 0 radical (unpaired) electrons. The molecule has 1 amide bonds. The topological polar surface area (TPSA) is 66.8 Å². The fraction of sp³-hybridized carbons (Fsp3) is 0.455. The van der Waals surface area contributed by atoms with Gasteiger partial charge in [-0.15, -0.1) is 11.3 Å². The number of carbonyl (C=O) groups is 2. The molecule has 0 aliphatic rings. The van der Waals surface area contributed by atoms with E-state index < -0.39 is 12.1 Å². The molecule has 1 aromatic heterocycles. The van der Waals surface area contributed by atoms with Crippen molar-refractivity contribution >= 4 is 23.2 Å². The molecule has 5 nitrogen and oxygen atoms in total. The van der Waals surface area contributed by atoms with Crippen LogP contribution >= 0.6 is 11.3 Å². The molecule has 1 rings (SSSR count). The fourth-order valence-electron chi connectivity index (χ4n) is 1.10. The van der Waals surface area contributed by atoms with E-state index in [0.29, 0.717) is 6.54 Å². The van der Waals surface area contributed by atoms with Crippen LogP contribution in [0.1, 0.15) is 11.8 Å². The van der Waals surface area contributed by atoms with E-state index in [-0.39, 0.29) is 12.5 Å². The van der Waals surface area contributed by atoms with E-state index in [1.54, 1.807) is 18.4 Å². The number of rotatable bonds is 6. The summed E-state index contributed by atoms with van der Waals surface area (Å²) < 4.78 is 4.92. The molecule has 0 unspecified atom stereocenters. The van der Waals surface area contributed by atoms with Gasteiger partial charge in [0.05, 0.1) is 6.54 Å². The van der Waals surface area contributed by atoms with E-state index >= 15 is 0 Å². The number of ether oxygens (including phenoxy) is 1. The van der Waals surface area contributed by atoms with Gasteiger partial charge in [-0.1, -0.05) is 6.07 Å². The maximum Gasteiger partial charge on any atom is 0.332 e. The summed E-state index contributed by atoms with van der Waals surface area (Å²) in [5.41, 5.74) is 0. The number of hydrogen-bond acceptors (Lipinski definition) is 4. The summed E-state index contributed by atoms with van der Waals surface area (Å²) in [6.45, 7) is 1.70. The standard InChI is InChI=1S/C11H15NO4S/c1-8(11(14)15)16-7-10(13)12(2)6-9-4-3-5-17-9/h3-5,8H,6-7H2,1-2H3,(H,14,15)/t8-/m1/s1. The minimum atomic E-state index is -1.07. The first-order valence-electron chi connectivity index (χ1n) is 5.11. The Labute approximate surface area is 104 Å². The SMILES string of the molecule is C[C@@H](OCC(=O)N(C)Cc1cccs1)C(=O)O. The highest BCUT2D eigenvalue weighted by molar-refractivity contribution is 7.09. The molecule has 94 valence electrons. The molecule has 0 aliphatic heterocycles. The van der Waals surface area contributed by atoms with Gasteiger partial charge in [0, 0.05) is 11.9 Å². The summed E-state index contributed by atoms with van der Waals surface area (Å²) in [4.78, 5) is 24.7. The third-order valence-electron chi connectivity index (χ3n) is 2.20. The zero-order chi connectivity index (χ0) is 12.8. The highest BCUT2D eigenvalue weighted by Crippen LogP contribution is 2.10. The van der Waals surface area contributed by atoms with Crippen molar-refractivity contribution in [2.24, 2.45) is 0 Å². The van der Waals surface area contributed by atoms with Crippen LogP contribution in [0.4, 0.5) is 0 Å². The number of carboxylic acids is 1. The molecule has 0 bridgehead atoms. The Bertz CT molecular complexity index is 377. The highest BCUT2D eigenvalue weighted by Gasteiger charge is 2.15. The fourth-order valence-corrected chi connectivity index (χ4v) is 1.86. The summed E-state index contributed by atoms with van der Waals surface area (Å²) in [5, 5.41) is 10.5. The van der Waals surface area contributed by atoms with Gasteiger partial charge < -0.3 is 14.7 Å². The van der Waals surface area contributed by atoms with Gasteiger partial charge in [0.25, 0.3) is 0 Å². The van der Waals surface area contributed by atoms with Crippen LogP contribution in [0.5, 0.6) is 0 Å². The van der Waals surface area contributed by atoms with Crippen molar-refractivity contribution in [1.82, 2.24) is 4.90 Å². The minimum Gasteiger partial charge on any atom is -0.479 e.